The number of carbonyl (C=O) groups is 1. The monoisotopic (exact) mass is 331 g/mol. The fraction of sp³-hybridized carbons (Fsp3) is 0.286. The van der Waals surface area contributed by atoms with Crippen LogP contribution in [0.5, 0.6) is 0 Å². The number of aromatic amines is 1. The minimum atomic E-state index is -0.434. The third-order valence-corrected chi connectivity index (χ3v) is 3.28. The first-order valence-corrected chi connectivity index (χ1v) is 7.23. The second kappa shape index (κ2) is 6.94. The summed E-state index contributed by atoms with van der Waals surface area (Å²) in [5.41, 5.74) is 0.252. The summed E-state index contributed by atoms with van der Waals surface area (Å²) in [5.74, 6) is 0.150. The number of aromatic nitrogens is 6. The fourth-order valence-electron chi connectivity index (χ4n) is 2.06. The summed E-state index contributed by atoms with van der Waals surface area (Å²) in [5, 5.41) is 19.8. The summed E-state index contributed by atoms with van der Waals surface area (Å²) in [7, 11) is 0. The lowest BCUT2D eigenvalue weighted by Gasteiger charge is -2.08. The Morgan fingerprint density at radius 3 is 3.00 bits per heavy atom. The van der Waals surface area contributed by atoms with Crippen LogP contribution in [0.1, 0.15) is 31.1 Å². The third kappa shape index (κ3) is 3.59. The Morgan fingerprint density at radius 2 is 2.25 bits per heavy atom. The molecule has 24 heavy (non-hydrogen) atoms. The molecule has 2 aromatic heterocycles. The third-order valence-electron chi connectivity index (χ3n) is 3.28. The maximum absolute atomic E-state index is 13.7. The van der Waals surface area contributed by atoms with Gasteiger partial charge in [-0.3, -0.25) is 4.79 Å². The van der Waals surface area contributed by atoms with Gasteiger partial charge in [0, 0.05) is 12.8 Å². The van der Waals surface area contributed by atoms with Crippen molar-refractivity contribution in [3.63, 3.8) is 0 Å². The molecule has 9 nitrogen and oxygen atoms in total. The van der Waals surface area contributed by atoms with Crippen molar-refractivity contribution in [3.05, 3.63) is 41.8 Å². The Kier molecular flexibility index (Phi) is 4.54. The molecule has 3 rings (SSSR count). The van der Waals surface area contributed by atoms with Gasteiger partial charge >= 0.3 is 0 Å². The maximum atomic E-state index is 13.7. The van der Waals surface area contributed by atoms with Gasteiger partial charge in [0.2, 0.25) is 17.6 Å². The van der Waals surface area contributed by atoms with Crippen molar-refractivity contribution in [2.45, 2.75) is 25.8 Å². The Labute approximate surface area is 135 Å². The van der Waals surface area contributed by atoms with Crippen molar-refractivity contribution in [3.8, 4) is 11.4 Å². The largest absolute Gasteiger partial charge is 0.346 e. The van der Waals surface area contributed by atoms with Crippen molar-refractivity contribution in [1.29, 1.82) is 0 Å². The molecule has 1 atom stereocenters. The van der Waals surface area contributed by atoms with Crippen LogP contribution in [0, 0.1) is 5.82 Å². The summed E-state index contributed by atoms with van der Waals surface area (Å²) < 4.78 is 18.7. The molecule has 0 saturated heterocycles. The number of benzene rings is 1. The minimum absolute atomic E-state index is 0.140. The second-order valence-electron chi connectivity index (χ2n) is 5.05. The van der Waals surface area contributed by atoms with E-state index in [-0.39, 0.29) is 42.1 Å². The highest BCUT2D eigenvalue weighted by Crippen LogP contribution is 2.19. The summed E-state index contributed by atoms with van der Waals surface area (Å²) in [4.78, 5) is 16.0. The first-order chi connectivity index (χ1) is 11.6. The first kappa shape index (κ1) is 15.7. The molecule has 10 heteroatoms. The fourth-order valence-corrected chi connectivity index (χ4v) is 2.06. The molecular weight excluding hydrogens is 317 g/mol. The van der Waals surface area contributed by atoms with Gasteiger partial charge in [-0.2, -0.15) is 10.2 Å². The van der Waals surface area contributed by atoms with Crippen LogP contribution in [-0.4, -0.2) is 36.7 Å². The van der Waals surface area contributed by atoms with E-state index < -0.39 is 5.82 Å². The topological polar surface area (TPSA) is 122 Å². The highest BCUT2D eigenvalue weighted by atomic mass is 19.1. The van der Waals surface area contributed by atoms with Gasteiger partial charge in [-0.1, -0.05) is 22.5 Å². The zero-order valence-corrected chi connectivity index (χ0v) is 12.7. The van der Waals surface area contributed by atoms with Gasteiger partial charge in [0.15, 0.2) is 5.82 Å². The highest BCUT2D eigenvalue weighted by Gasteiger charge is 2.16. The lowest BCUT2D eigenvalue weighted by atomic mass is 10.2. The van der Waals surface area contributed by atoms with Crippen molar-refractivity contribution in [2.75, 3.05) is 0 Å². The maximum Gasteiger partial charge on any atom is 0.227 e. The number of nitrogens with one attached hydrogen (secondary N) is 2. The van der Waals surface area contributed by atoms with Crippen LogP contribution in [-0.2, 0) is 11.2 Å². The predicted octanol–water partition coefficient (Wildman–Crippen LogP) is 1.20. The van der Waals surface area contributed by atoms with Gasteiger partial charge in [0.1, 0.15) is 5.82 Å². The molecule has 124 valence electrons. The molecule has 0 radical (unpaired) electrons. The van der Waals surface area contributed by atoms with E-state index in [2.05, 4.69) is 36.1 Å². The van der Waals surface area contributed by atoms with Crippen LogP contribution >= 0.6 is 0 Å². The molecule has 1 aromatic carbocycles. The Bertz CT molecular complexity index is 818. The number of nitrogens with zero attached hydrogens (tertiary/aromatic N) is 5. The molecule has 1 amide bonds. The van der Waals surface area contributed by atoms with E-state index >= 15 is 0 Å². The number of amides is 1. The van der Waals surface area contributed by atoms with E-state index in [0.717, 1.165) is 0 Å². The standard InChI is InChI=1S/C14H14FN7O2/c1-8(13-18-21-22-19-13)16-11(23)6-7-12-17-14(20-24-12)9-4-2-3-5-10(9)15/h2-5,8H,6-7H2,1H3,(H,16,23)(H,18,19,21,22)/t8-/m0/s1. The number of H-pyrrole nitrogens is 1. The van der Waals surface area contributed by atoms with Crippen LogP contribution in [0.3, 0.4) is 0 Å². The van der Waals surface area contributed by atoms with Crippen molar-refractivity contribution < 1.29 is 13.7 Å². The van der Waals surface area contributed by atoms with E-state index in [1.807, 2.05) is 0 Å². The number of hydrogen-bond acceptors (Lipinski definition) is 7. The van der Waals surface area contributed by atoms with Crippen LogP contribution in [0.4, 0.5) is 4.39 Å². The van der Waals surface area contributed by atoms with Gasteiger partial charge in [-0.25, -0.2) is 4.39 Å². The average molecular weight is 331 g/mol. The SMILES string of the molecule is C[C@H](NC(=O)CCc1nc(-c2ccccc2F)no1)c1nn[nH]n1. The normalized spacial score (nSPS) is 12.1. The van der Waals surface area contributed by atoms with E-state index in [9.17, 15) is 9.18 Å². The average Bonchev–Trinajstić information content (AvgIpc) is 3.25. The van der Waals surface area contributed by atoms with Crippen LogP contribution < -0.4 is 5.32 Å². The smallest absolute Gasteiger partial charge is 0.227 e. The van der Waals surface area contributed by atoms with Crippen molar-refractivity contribution >= 4 is 5.91 Å². The van der Waals surface area contributed by atoms with E-state index in [1.165, 1.54) is 6.07 Å². The lowest BCUT2D eigenvalue weighted by molar-refractivity contribution is -0.121. The Hall–Kier alpha value is -3.17. The molecule has 0 unspecified atom stereocenters. The zero-order valence-electron chi connectivity index (χ0n) is 12.7. The molecule has 0 bridgehead atoms. The van der Waals surface area contributed by atoms with Crippen LogP contribution in [0.2, 0.25) is 0 Å². The van der Waals surface area contributed by atoms with Crippen LogP contribution in [0.15, 0.2) is 28.8 Å². The molecule has 2 heterocycles. The van der Waals surface area contributed by atoms with Crippen molar-refractivity contribution in [1.82, 2.24) is 36.1 Å². The summed E-state index contributed by atoms with van der Waals surface area (Å²) in [6.07, 6.45) is 0.382. The zero-order chi connectivity index (χ0) is 16.9. The molecule has 0 fully saturated rings. The number of rotatable bonds is 6. The van der Waals surface area contributed by atoms with Gasteiger partial charge in [0.25, 0.3) is 0 Å². The Morgan fingerprint density at radius 1 is 1.42 bits per heavy atom. The number of aryl methyl sites for hydroxylation is 1. The summed E-state index contributed by atoms with van der Waals surface area (Å²) >= 11 is 0. The van der Waals surface area contributed by atoms with Gasteiger partial charge in [-0.15, -0.1) is 10.2 Å². The number of tetrazole rings is 1. The summed E-state index contributed by atoms with van der Waals surface area (Å²) in [6.45, 7) is 1.74. The Balaban J connectivity index is 1.56. The molecule has 2 N–H and O–H groups in total. The number of hydrogen-bond donors (Lipinski definition) is 2. The summed E-state index contributed by atoms with van der Waals surface area (Å²) in [6, 6.07) is 5.77. The quantitative estimate of drug-likeness (QED) is 0.695. The molecule has 3 aromatic rings. The first-order valence-electron chi connectivity index (χ1n) is 7.23. The number of carbonyl (C=O) groups excluding carboxylic acids is 1. The molecule has 0 saturated carbocycles. The predicted molar refractivity (Wildman–Crippen MR) is 78.7 cm³/mol. The van der Waals surface area contributed by atoms with Gasteiger partial charge in [-0.05, 0) is 19.1 Å². The minimum Gasteiger partial charge on any atom is -0.346 e. The molecule has 0 aliphatic carbocycles. The van der Waals surface area contributed by atoms with Crippen LogP contribution in [0.25, 0.3) is 11.4 Å². The van der Waals surface area contributed by atoms with E-state index in [4.69, 9.17) is 4.52 Å². The lowest BCUT2D eigenvalue weighted by Crippen LogP contribution is -2.27. The van der Waals surface area contributed by atoms with Gasteiger partial charge in [0.05, 0.1) is 11.6 Å². The second-order valence-corrected chi connectivity index (χ2v) is 5.05. The van der Waals surface area contributed by atoms with Crippen molar-refractivity contribution in [2.24, 2.45) is 0 Å². The molecule has 0 aliphatic rings. The van der Waals surface area contributed by atoms with E-state index in [0.29, 0.717) is 5.82 Å². The van der Waals surface area contributed by atoms with E-state index in [1.54, 1.807) is 25.1 Å². The molecule has 0 aliphatic heterocycles. The molecule has 0 spiro atoms. The highest BCUT2D eigenvalue weighted by molar-refractivity contribution is 5.76. The number of halogens is 1. The molecular formula is C14H14FN7O2. The van der Waals surface area contributed by atoms with Gasteiger partial charge < -0.3 is 9.84 Å².